The molecule has 0 amide bonds. The summed E-state index contributed by atoms with van der Waals surface area (Å²) in [7, 11) is -4.45. The van der Waals surface area contributed by atoms with E-state index in [1.165, 1.54) is 0 Å². The van der Waals surface area contributed by atoms with Crippen molar-refractivity contribution in [3.63, 3.8) is 0 Å². The normalized spacial score (nSPS) is 12.6. The molecule has 0 aliphatic rings. The minimum Gasteiger partial charge on any atom is -0.452 e. The van der Waals surface area contributed by atoms with Crippen LogP contribution in [0.3, 0.4) is 0 Å². The molecule has 42 heavy (non-hydrogen) atoms. The predicted molar refractivity (Wildman–Crippen MR) is 169 cm³/mol. The molecule has 0 bridgehead atoms. The summed E-state index contributed by atoms with van der Waals surface area (Å²) in [4.78, 5) is 18.5. The molecule has 16 heteroatoms. The smallest absolute Gasteiger partial charge is 0.266 e. The van der Waals surface area contributed by atoms with E-state index >= 15 is 0 Å². The topological polar surface area (TPSA) is 102 Å². The lowest BCUT2D eigenvalue weighted by Gasteiger charge is -2.24. The van der Waals surface area contributed by atoms with E-state index in [4.69, 9.17) is 42.1 Å². The molecular weight excluding hydrogens is 620 g/mol. The largest absolute Gasteiger partial charge is 0.452 e. The van der Waals surface area contributed by atoms with E-state index in [1.807, 2.05) is 97.0 Å². The van der Waals surface area contributed by atoms with Crippen molar-refractivity contribution in [3.8, 4) is 11.5 Å². The van der Waals surface area contributed by atoms with Gasteiger partial charge < -0.3 is 23.0 Å². The van der Waals surface area contributed by atoms with Gasteiger partial charge in [0.05, 0.1) is 33.0 Å². The summed E-state index contributed by atoms with van der Waals surface area (Å²) >= 11 is 0. The molecule has 3 unspecified atom stereocenters. The highest BCUT2D eigenvalue weighted by atomic mass is 31.2. The first kappa shape index (κ1) is 34.7. The van der Waals surface area contributed by atoms with Gasteiger partial charge in [0.1, 0.15) is 11.5 Å². The molecule has 3 aromatic rings. The van der Waals surface area contributed by atoms with Crippen molar-refractivity contribution in [1.82, 2.24) is 17.3 Å². The second-order valence-electron chi connectivity index (χ2n) is 8.38. The van der Waals surface area contributed by atoms with Gasteiger partial charge in [-0.2, -0.15) is 4.51 Å². The Labute approximate surface area is 252 Å². The maximum atomic E-state index is 6.39. The number of hydrogen-bond acceptors (Lipinski definition) is 9. The molecule has 1 heterocycles. The highest BCUT2D eigenvalue weighted by Crippen LogP contribution is 2.39. The number of hydrogen-bond donors (Lipinski definition) is 0. The average molecular weight is 663 g/mol. The van der Waals surface area contributed by atoms with Crippen LogP contribution in [-0.4, -0.2) is 63.2 Å². The zero-order chi connectivity index (χ0) is 30.3. The third-order valence-electron chi connectivity index (χ3n) is 4.99. The lowest BCUT2D eigenvalue weighted by molar-refractivity contribution is -0.0545. The summed E-state index contributed by atoms with van der Waals surface area (Å²) < 4.78 is 40.8. The molecule has 0 spiro atoms. The zero-order valence-corrected chi connectivity index (χ0v) is 28.9. The second-order valence-corrected chi connectivity index (χ2v) is 14.7. The first-order valence-corrected chi connectivity index (χ1v) is 18.2. The SMILES string of the molecule is CCOn1p(OCC)npn(OCC(Oc2cccc(C)c2)Oc2cccc(C)c2)p(OCC)n(OCC)p1OCC. The second kappa shape index (κ2) is 18.8. The molecule has 3 atom stereocenters. The molecular formula is C26H42N4O8P4. The van der Waals surface area contributed by atoms with Crippen LogP contribution in [0.5, 0.6) is 11.5 Å². The van der Waals surface area contributed by atoms with E-state index in [0.29, 0.717) is 53.0 Å². The number of aryl methyl sites for hydroxylation is 2. The predicted octanol–water partition coefficient (Wildman–Crippen LogP) is 6.05. The van der Waals surface area contributed by atoms with Crippen LogP contribution >= 0.6 is 32.7 Å². The van der Waals surface area contributed by atoms with Crippen molar-refractivity contribution in [2.75, 3.05) is 39.6 Å². The Morgan fingerprint density at radius 3 is 1.76 bits per heavy atom. The van der Waals surface area contributed by atoms with Gasteiger partial charge in [0.25, 0.3) is 6.29 Å². The molecule has 234 valence electrons. The van der Waals surface area contributed by atoms with Gasteiger partial charge in [-0.1, -0.05) is 24.3 Å². The lowest BCUT2D eigenvalue weighted by atomic mass is 10.2. The van der Waals surface area contributed by atoms with Crippen LogP contribution in [0, 0.1) is 13.8 Å². The summed E-state index contributed by atoms with van der Waals surface area (Å²) in [6, 6.07) is 15.6. The third kappa shape index (κ3) is 10.4. The van der Waals surface area contributed by atoms with Gasteiger partial charge in [0.2, 0.25) is 24.2 Å². The molecule has 0 radical (unpaired) electrons. The first-order chi connectivity index (χ1) is 20.4. The molecule has 0 aliphatic heterocycles. The first-order valence-electron chi connectivity index (χ1n) is 13.9. The van der Waals surface area contributed by atoms with Crippen LogP contribution in [-0.2, 0) is 0 Å². The average Bonchev–Trinajstić information content (AvgIpc) is 2.96. The lowest BCUT2D eigenvalue weighted by Crippen LogP contribution is -2.34. The minimum absolute atomic E-state index is 0.0323. The quantitative estimate of drug-likeness (QED) is 0.160. The molecule has 0 aliphatic carbocycles. The molecule has 0 fully saturated rings. The van der Waals surface area contributed by atoms with Gasteiger partial charge in [0, 0.05) is 0 Å². The van der Waals surface area contributed by atoms with E-state index in [2.05, 4.69) is 0 Å². The van der Waals surface area contributed by atoms with Crippen molar-refractivity contribution in [1.29, 1.82) is 0 Å². The van der Waals surface area contributed by atoms with Gasteiger partial charge in [-0.3, -0.25) is 14.5 Å². The zero-order valence-electron chi connectivity index (χ0n) is 25.3. The molecule has 3 rings (SSSR count). The minimum atomic E-state index is -1.68. The molecule has 0 N–H and O–H groups in total. The van der Waals surface area contributed by atoms with Crippen LogP contribution in [0.2, 0.25) is 0 Å². The standard InChI is InChI=1S/C26H42N4O8P4/c1-8-31-29-40(34-10-3)27-39-28(41(35-11-4)30(32-9-2)42(29)36-12-5)33-21-26(37-24-17-13-15-22(6)19-24)38-25-18-14-16-23(7)20-25/h13-20,26H,8-12,21H2,1-7H3. The Morgan fingerprint density at radius 1 is 0.690 bits per heavy atom. The maximum absolute atomic E-state index is 6.39. The summed E-state index contributed by atoms with van der Waals surface area (Å²) in [5.41, 5.74) is 2.15. The summed E-state index contributed by atoms with van der Waals surface area (Å²) in [6.45, 7) is 15.7. The Balaban J connectivity index is 2.11. The molecule has 12 nitrogen and oxygen atoms in total. The molecule has 1 aromatic heterocycles. The van der Waals surface area contributed by atoms with E-state index in [0.717, 1.165) is 11.1 Å². The highest BCUT2D eigenvalue weighted by molar-refractivity contribution is 7.57. The molecule has 0 saturated carbocycles. The van der Waals surface area contributed by atoms with Crippen molar-refractivity contribution in [2.45, 2.75) is 54.8 Å². The van der Waals surface area contributed by atoms with Gasteiger partial charge in [-0.15, -0.1) is 12.8 Å². The van der Waals surface area contributed by atoms with E-state index < -0.39 is 30.5 Å². The van der Waals surface area contributed by atoms with Gasteiger partial charge in [-0.05, 0) is 83.9 Å². The van der Waals surface area contributed by atoms with Crippen LogP contribution < -0.4 is 37.6 Å². The van der Waals surface area contributed by atoms with Gasteiger partial charge in [0.15, 0.2) is 15.1 Å². The Kier molecular flexibility index (Phi) is 15.5. The van der Waals surface area contributed by atoms with Crippen molar-refractivity contribution in [3.05, 3.63) is 59.7 Å². The third-order valence-corrected chi connectivity index (χ3v) is 12.2. The molecule has 2 aromatic carbocycles. The maximum Gasteiger partial charge on any atom is 0.266 e. The fourth-order valence-corrected chi connectivity index (χ4v) is 11.0. The highest BCUT2D eigenvalue weighted by Gasteiger charge is 2.21. The summed E-state index contributed by atoms with van der Waals surface area (Å²) in [6.07, 6.45) is -0.782. The fraction of sp³-hybridized carbons (Fsp3) is 0.538. The Hall–Kier alpha value is -1.80. The number of aromatic nitrogens is 4. The van der Waals surface area contributed by atoms with Crippen LogP contribution in [0.25, 0.3) is 0 Å². The fourth-order valence-electron chi connectivity index (χ4n) is 3.42. The van der Waals surface area contributed by atoms with Gasteiger partial charge in [-0.25, -0.2) is 0 Å². The van der Waals surface area contributed by atoms with Crippen LogP contribution in [0.4, 0.5) is 0 Å². The van der Waals surface area contributed by atoms with E-state index in [9.17, 15) is 0 Å². The Morgan fingerprint density at radius 2 is 1.24 bits per heavy atom. The number of nitrogens with zero attached hydrogens (tertiary/aromatic N) is 4. The van der Waals surface area contributed by atoms with Crippen LogP contribution in [0.15, 0.2) is 48.5 Å². The number of benzene rings is 2. The van der Waals surface area contributed by atoms with Crippen LogP contribution in [0.1, 0.15) is 45.7 Å². The van der Waals surface area contributed by atoms with E-state index in [-0.39, 0.29) is 6.61 Å². The number of ether oxygens (including phenoxy) is 2. The summed E-state index contributed by atoms with van der Waals surface area (Å²) in [5, 5.41) is 0. The molecule has 0 saturated heterocycles. The summed E-state index contributed by atoms with van der Waals surface area (Å²) in [5.74, 6) is 1.34. The number of rotatable bonds is 17. The monoisotopic (exact) mass is 662 g/mol. The Bertz CT molecular complexity index is 1280. The van der Waals surface area contributed by atoms with E-state index in [1.54, 1.807) is 12.8 Å². The van der Waals surface area contributed by atoms with Crippen molar-refractivity contribution < 1.29 is 37.6 Å². The van der Waals surface area contributed by atoms with Crippen molar-refractivity contribution >= 4 is 32.7 Å². The van der Waals surface area contributed by atoms with Gasteiger partial charge >= 0.3 is 0 Å². The van der Waals surface area contributed by atoms with Crippen molar-refractivity contribution in [2.24, 2.45) is 0 Å².